The molecule has 1 heterocycles. The molecule has 0 atom stereocenters. The van der Waals surface area contributed by atoms with E-state index in [4.69, 9.17) is 4.74 Å². The molecule has 1 aliphatic rings. The summed E-state index contributed by atoms with van der Waals surface area (Å²) in [5.74, 6) is 0.850. The van der Waals surface area contributed by atoms with Crippen LogP contribution in [-0.2, 0) is 6.54 Å². The number of nitrogens with one attached hydrogen (secondary N) is 2. The van der Waals surface area contributed by atoms with Gasteiger partial charge in [0.05, 0.1) is 12.8 Å². The van der Waals surface area contributed by atoms with Crippen LogP contribution in [0.3, 0.4) is 0 Å². The lowest BCUT2D eigenvalue weighted by molar-refractivity contribution is 0.402. The van der Waals surface area contributed by atoms with Gasteiger partial charge in [0.25, 0.3) is 0 Å². The first kappa shape index (κ1) is 19.1. The van der Waals surface area contributed by atoms with Gasteiger partial charge in [-0.25, -0.2) is 0 Å². The maximum atomic E-state index is 5.47. The van der Waals surface area contributed by atoms with Gasteiger partial charge in [-0.3, -0.25) is 0 Å². The van der Waals surface area contributed by atoms with Gasteiger partial charge < -0.3 is 20.3 Å². The Morgan fingerprint density at radius 3 is 2.55 bits per heavy atom. The molecule has 148 valence electrons. The van der Waals surface area contributed by atoms with Gasteiger partial charge in [0, 0.05) is 41.2 Å². The van der Waals surface area contributed by atoms with Crippen molar-refractivity contribution in [2.45, 2.75) is 6.54 Å². The van der Waals surface area contributed by atoms with Crippen LogP contribution in [0.5, 0.6) is 5.75 Å². The van der Waals surface area contributed by atoms with Crippen LogP contribution in [0.2, 0.25) is 0 Å². The monoisotopic (exact) mass is 385 g/mol. The fourth-order valence-electron chi connectivity index (χ4n) is 3.71. The standard InChI is InChI=1S/C25H27N3O/c1-28(2)17-18-11-13-20(14-12-18)27-25(19-7-6-8-21(15-19)29-3)23-16-26-24-10-5-4-9-22(23)24/h4-15,26-27H,16-17H2,1-3H3/b25-23+. The molecule has 2 N–H and O–H groups in total. The van der Waals surface area contributed by atoms with Gasteiger partial charge in [0.1, 0.15) is 5.75 Å². The van der Waals surface area contributed by atoms with Gasteiger partial charge in [-0.05, 0) is 50.0 Å². The Morgan fingerprint density at radius 2 is 1.79 bits per heavy atom. The second-order valence-corrected chi connectivity index (χ2v) is 7.54. The molecule has 29 heavy (non-hydrogen) atoms. The van der Waals surface area contributed by atoms with Gasteiger partial charge in [0.15, 0.2) is 0 Å². The van der Waals surface area contributed by atoms with Crippen LogP contribution >= 0.6 is 0 Å². The zero-order valence-electron chi connectivity index (χ0n) is 17.2. The molecule has 0 bridgehead atoms. The number of methoxy groups -OCH3 is 1. The highest BCUT2D eigenvalue weighted by molar-refractivity contribution is 6.02. The lowest BCUT2D eigenvalue weighted by Gasteiger charge is -2.17. The highest BCUT2D eigenvalue weighted by Gasteiger charge is 2.20. The average Bonchev–Trinajstić information content (AvgIpc) is 3.17. The van der Waals surface area contributed by atoms with Gasteiger partial charge in [-0.15, -0.1) is 0 Å². The maximum absolute atomic E-state index is 5.47. The first-order valence-corrected chi connectivity index (χ1v) is 9.85. The molecule has 0 amide bonds. The van der Waals surface area contributed by atoms with Crippen LogP contribution in [0.25, 0.3) is 11.3 Å². The second kappa shape index (κ2) is 8.41. The normalized spacial score (nSPS) is 14.3. The van der Waals surface area contributed by atoms with Crippen molar-refractivity contribution in [2.24, 2.45) is 0 Å². The number of nitrogens with zero attached hydrogens (tertiary/aromatic N) is 1. The number of ether oxygens (including phenoxy) is 1. The van der Waals surface area contributed by atoms with Crippen LogP contribution in [0.4, 0.5) is 11.4 Å². The third-order valence-corrected chi connectivity index (χ3v) is 5.09. The minimum atomic E-state index is 0.789. The van der Waals surface area contributed by atoms with Crippen LogP contribution in [0.1, 0.15) is 16.7 Å². The van der Waals surface area contributed by atoms with Gasteiger partial charge >= 0.3 is 0 Å². The Balaban J connectivity index is 1.75. The molecule has 0 saturated heterocycles. The Labute approximate surface area is 172 Å². The predicted octanol–water partition coefficient (Wildman–Crippen LogP) is 5.16. The number of hydrogen-bond donors (Lipinski definition) is 2. The predicted molar refractivity (Wildman–Crippen MR) is 122 cm³/mol. The van der Waals surface area contributed by atoms with E-state index in [2.05, 4.69) is 90.3 Å². The molecule has 0 spiro atoms. The average molecular weight is 386 g/mol. The van der Waals surface area contributed by atoms with Crippen LogP contribution < -0.4 is 15.4 Å². The van der Waals surface area contributed by atoms with Crippen LogP contribution in [0.15, 0.2) is 72.8 Å². The number of fused-ring (bicyclic) bond motifs is 1. The molecule has 0 radical (unpaired) electrons. The lowest BCUT2D eigenvalue weighted by atomic mass is 10.00. The largest absolute Gasteiger partial charge is 0.497 e. The summed E-state index contributed by atoms with van der Waals surface area (Å²) in [6.45, 7) is 1.72. The van der Waals surface area contributed by atoms with Crippen molar-refractivity contribution < 1.29 is 4.74 Å². The number of para-hydroxylation sites is 1. The topological polar surface area (TPSA) is 36.5 Å². The summed E-state index contributed by atoms with van der Waals surface area (Å²) >= 11 is 0. The summed E-state index contributed by atoms with van der Waals surface area (Å²) in [5, 5.41) is 7.19. The van der Waals surface area contributed by atoms with E-state index in [0.717, 1.165) is 35.8 Å². The third-order valence-electron chi connectivity index (χ3n) is 5.09. The Kier molecular flexibility index (Phi) is 5.54. The minimum absolute atomic E-state index is 0.789. The molecule has 3 aromatic rings. The Hall–Kier alpha value is -3.24. The van der Waals surface area contributed by atoms with Crippen molar-refractivity contribution in [1.82, 2.24) is 4.90 Å². The van der Waals surface area contributed by atoms with Gasteiger partial charge in [-0.2, -0.15) is 0 Å². The van der Waals surface area contributed by atoms with Crippen LogP contribution in [0, 0.1) is 0 Å². The molecule has 4 heteroatoms. The molecule has 0 aromatic heterocycles. The molecule has 3 aromatic carbocycles. The molecule has 0 saturated carbocycles. The first-order chi connectivity index (χ1) is 14.1. The van der Waals surface area contributed by atoms with Crippen molar-refractivity contribution >= 4 is 22.6 Å². The summed E-state index contributed by atoms with van der Waals surface area (Å²) in [7, 11) is 5.87. The van der Waals surface area contributed by atoms with Crippen molar-refractivity contribution in [3.63, 3.8) is 0 Å². The van der Waals surface area contributed by atoms with E-state index in [1.54, 1.807) is 7.11 Å². The molecule has 0 fully saturated rings. The van der Waals surface area contributed by atoms with Crippen LogP contribution in [-0.4, -0.2) is 32.6 Å². The number of hydrogen-bond acceptors (Lipinski definition) is 4. The van der Waals surface area contributed by atoms with Gasteiger partial charge in [0.2, 0.25) is 0 Å². The highest BCUT2D eigenvalue weighted by atomic mass is 16.5. The van der Waals surface area contributed by atoms with E-state index in [-0.39, 0.29) is 0 Å². The molecule has 0 aliphatic carbocycles. The molecular formula is C25H27N3O. The first-order valence-electron chi connectivity index (χ1n) is 9.85. The molecular weight excluding hydrogens is 358 g/mol. The fraction of sp³-hybridized carbons (Fsp3) is 0.200. The Bertz CT molecular complexity index is 1020. The third kappa shape index (κ3) is 4.28. The summed E-state index contributed by atoms with van der Waals surface area (Å²) < 4.78 is 5.47. The summed E-state index contributed by atoms with van der Waals surface area (Å²) in [6, 6.07) is 25.3. The number of anilines is 2. The summed E-state index contributed by atoms with van der Waals surface area (Å²) in [6.07, 6.45) is 0. The molecule has 0 unspecified atom stereocenters. The maximum Gasteiger partial charge on any atom is 0.119 e. The van der Waals surface area contributed by atoms with Crippen molar-refractivity contribution in [2.75, 3.05) is 38.4 Å². The zero-order chi connectivity index (χ0) is 20.2. The minimum Gasteiger partial charge on any atom is -0.497 e. The van der Waals surface area contributed by atoms with E-state index < -0.39 is 0 Å². The zero-order valence-corrected chi connectivity index (χ0v) is 17.2. The van der Waals surface area contributed by atoms with Crippen molar-refractivity contribution in [1.29, 1.82) is 0 Å². The Morgan fingerprint density at radius 1 is 1.00 bits per heavy atom. The SMILES string of the molecule is COc1cccc(/C(Nc2ccc(CN(C)C)cc2)=C2/CNc3ccccc32)c1. The fourth-order valence-corrected chi connectivity index (χ4v) is 3.71. The summed E-state index contributed by atoms with van der Waals surface area (Å²) in [4.78, 5) is 2.17. The molecule has 1 aliphatic heterocycles. The van der Waals surface area contributed by atoms with E-state index >= 15 is 0 Å². The molecule has 4 rings (SSSR count). The smallest absolute Gasteiger partial charge is 0.119 e. The van der Waals surface area contributed by atoms with E-state index in [0.29, 0.717) is 0 Å². The highest BCUT2D eigenvalue weighted by Crippen LogP contribution is 2.37. The molecule has 4 nitrogen and oxygen atoms in total. The lowest BCUT2D eigenvalue weighted by Crippen LogP contribution is -2.10. The second-order valence-electron chi connectivity index (χ2n) is 7.54. The number of rotatable bonds is 6. The van der Waals surface area contributed by atoms with E-state index in [1.807, 2.05) is 12.1 Å². The summed E-state index contributed by atoms with van der Waals surface area (Å²) in [5.41, 5.74) is 8.24. The number of benzene rings is 3. The quantitative estimate of drug-likeness (QED) is 0.614. The van der Waals surface area contributed by atoms with E-state index in [1.165, 1.54) is 22.4 Å². The van der Waals surface area contributed by atoms with Crippen molar-refractivity contribution in [3.05, 3.63) is 89.5 Å². The van der Waals surface area contributed by atoms with E-state index in [9.17, 15) is 0 Å². The van der Waals surface area contributed by atoms with Crippen molar-refractivity contribution in [3.8, 4) is 5.75 Å². The van der Waals surface area contributed by atoms with Gasteiger partial charge in [-0.1, -0.05) is 42.5 Å².